The minimum atomic E-state index is -0.276. The summed E-state index contributed by atoms with van der Waals surface area (Å²) in [5.74, 6) is 0.768. The van der Waals surface area contributed by atoms with Gasteiger partial charge in [0.1, 0.15) is 11.6 Å². The smallest absolute Gasteiger partial charge is 0.230 e. The van der Waals surface area contributed by atoms with Gasteiger partial charge >= 0.3 is 0 Å². The molecular weight excluding hydrogens is 349 g/mol. The molecule has 0 spiro atoms. The van der Waals surface area contributed by atoms with Crippen molar-refractivity contribution in [2.75, 3.05) is 18.9 Å². The van der Waals surface area contributed by atoms with Gasteiger partial charge in [-0.05, 0) is 61.4 Å². The number of thioether (sulfide) groups is 1. The van der Waals surface area contributed by atoms with E-state index >= 15 is 0 Å². The number of amides is 1. The Morgan fingerprint density at radius 2 is 1.79 bits per heavy atom. The SMILES string of the molecule is O=C(CSc1ccc(Cl)cc1)NCCCCOc1ccc(F)cc1. The summed E-state index contributed by atoms with van der Waals surface area (Å²) in [6.07, 6.45) is 1.65. The number of benzene rings is 2. The van der Waals surface area contributed by atoms with E-state index in [1.165, 1.54) is 23.9 Å². The molecule has 2 aromatic carbocycles. The lowest BCUT2D eigenvalue weighted by Crippen LogP contribution is -2.26. The summed E-state index contributed by atoms with van der Waals surface area (Å²) in [4.78, 5) is 12.8. The second kappa shape index (κ2) is 10.2. The van der Waals surface area contributed by atoms with Gasteiger partial charge in [0, 0.05) is 16.5 Å². The van der Waals surface area contributed by atoms with Crippen molar-refractivity contribution in [2.24, 2.45) is 0 Å². The second-order valence-electron chi connectivity index (χ2n) is 5.10. The number of halogens is 2. The van der Waals surface area contributed by atoms with Crippen LogP contribution in [0.15, 0.2) is 53.4 Å². The molecule has 1 N–H and O–H groups in total. The van der Waals surface area contributed by atoms with Crippen LogP contribution < -0.4 is 10.1 Å². The minimum absolute atomic E-state index is 0.00871. The van der Waals surface area contributed by atoms with Crippen LogP contribution in [-0.2, 0) is 4.79 Å². The lowest BCUT2D eigenvalue weighted by Gasteiger charge is -2.07. The number of rotatable bonds is 9. The van der Waals surface area contributed by atoms with E-state index in [0.29, 0.717) is 29.7 Å². The van der Waals surface area contributed by atoms with Crippen LogP contribution in [0.3, 0.4) is 0 Å². The fourth-order valence-electron chi connectivity index (χ4n) is 1.91. The molecular formula is C18H19ClFNO2S. The van der Waals surface area contributed by atoms with E-state index in [-0.39, 0.29) is 11.7 Å². The summed E-state index contributed by atoms with van der Waals surface area (Å²) < 4.78 is 18.2. The Hall–Kier alpha value is -1.72. The van der Waals surface area contributed by atoms with Crippen molar-refractivity contribution < 1.29 is 13.9 Å². The van der Waals surface area contributed by atoms with Gasteiger partial charge in [-0.2, -0.15) is 0 Å². The van der Waals surface area contributed by atoms with Gasteiger partial charge in [-0.3, -0.25) is 4.79 Å². The molecule has 6 heteroatoms. The van der Waals surface area contributed by atoms with E-state index in [4.69, 9.17) is 16.3 Å². The fourth-order valence-corrected chi connectivity index (χ4v) is 2.76. The first-order valence-electron chi connectivity index (χ1n) is 7.67. The van der Waals surface area contributed by atoms with Crippen molar-refractivity contribution in [2.45, 2.75) is 17.7 Å². The molecule has 0 aliphatic carbocycles. The molecule has 2 aromatic rings. The third kappa shape index (κ3) is 7.23. The van der Waals surface area contributed by atoms with Gasteiger partial charge < -0.3 is 10.1 Å². The number of carbonyl (C=O) groups is 1. The standard InChI is InChI=1S/C18H19ClFNO2S/c19-14-3-9-17(10-4-14)24-13-18(22)21-11-1-2-12-23-16-7-5-15(20)6-8-16/h3-10H,1-2,11-13H2,(H,21,22). The van der Waals surface area contributed by atoms with Crippen LogP contribution in [0.2, 0.25) is 5.02 Å². The summed E-state index contributed by atoms with van der Waals surface area (Å²) >= 11 is 7.29. The van der Waals surface area contributed by atoms with Gasteiger partial charge in [0.15, 0.2) is 0 Å². The first-order valence-corrected chi connectivity index (χ1v) is 9.03. The van der Waals surface area contributed by atoms with Gasteiger partial charge in [-0.25, -0.2) is 4.39 Å². The minimum Gasteiger partial charge on any atom is -0.494 e. The molecule has 0 aliphatic rings. The topological polar surface area (TPSA) is 38.3 Å². The van der Waals surface area contributed by atoms with Crippen LogP contribution >= 0.6 is 23.4 Å². The molecule has 0 heterocycles. The van der Waals surface area contributed by atoms with E-state index in [1.807, 2.05) is 24.3 Å². The third-order valence-corrected chi connectivity index (χ3v) is 4.42. The zero-order valence-electron chi connectivity index (χ0n) is 13.1. The normalized spacial score (nSPS) is 10.4. The van der Waals surface area contributed by atoms with Crippen LogP contribution in [0.4, 0.5) is 4.39 Å². The third-order valence-electron chi connectivity index (χ3n) is 3.16. The summed E-state index contributed by atoms with van der Waals surface area (Å²) in [6.45, 7) is 1.16. The summed E-state index contributed by atoms with van der Waals surface area (Å²) in [5.41, 5.74) is 0. The number of nitrogens with one attached hydrogen (secondary N) is 1. The zero-order chi connectivity index (χ0) is 17.2. The largest absolute Gasteiger partial charge is 0.494 e. The fraction of sp³-hybridized carbons (Fsp3) is 0.278. The van der Waals surface area contributed by atoms with Crippen molar-refractivity contribution >= 4 is 29.3 Å². The van der Waals surface area contributed by atoms with Crippen molar-refractivity contribution in [3.8, 4) is 5.75 Å². The maximum absolute atomic E-state index is 12.7. The Morgan fingerprint density at radius 3 is 2.50 bits per heavy atom. The molecule has 0 aliphatic heterocycles. The summed E-state index contributed by atoms with van der Waals surface area (Å²) in [7, 11) is 0. The Morgan fingerprint density at radius 1 is 1.08 bits per heavy atom. The average Bonchev–Trinajstić information content (AvgIpc) is 2.59. The van der Waals surface area contributed by atoms with Crippen LogP contribution in [0.5, 0.6) is 5.75 Å². The van der Waals surface area contributed by atoms with Gasteiger partial charge in [0.05, 0.1) is 12.4 Å². The highest BCUT2D eigenvalue weighted by Gasteiger charge is 2.02. The molecule has 0 bridgehead atoms. The van der Waals surface area contributed by atoms with Crippen molar-refractivity contribution in [3.05, 3.63) is 59.4 Å². The number of hydrogen-bond donors (Lipinski definition) is 1. The highest BCUT2D eigenvalue weighted by Crippen LogP contribution is 2.19. The molecule has 128 valence electrons. The quantitative estimate of drug-likeness (QED) is 0.522. The second-order valence-corrected chi connectivity index (χ2v) is 6.59. The number of ether oxygens (including phenoxy) is 1. The molecule has 0 unspecified atom stereocenters. The van der Waals surface area contributed by atoms with Gasteiger partial charge in [0.25, 0.3) is 0 Å². The van der Waals surface area contributed by atoms with E-state index in [1.54, 1.807) is 12.1 Å². The first kappa shape index (κ1) is 18.6. The molecule has 0 atom stereocenters. The van der Waals surface area contributed by atoms with Crippen LogP contribution in [-0.4, -0.2) is 24.8 Å². The lowest BCUT2D eigenvalue weighted by atomic mass is 10.3. The predicted octanol–water partition coefficient (Wildman–Crippen LogP) is 4.55. The Balaban J connectivity index is 1.51. The molecule has 24 heavy (non-hydrogen) atoms. The number of carbonyl (C=O) groups excluding carboxylic acids is 1. The zero-order valence-corrected chi connectivity index (χ0v) is 14.7. The van der Waals surface area contributed by atoms with Crippen LogP contribution in [0, 0.1) is 5.82 Å². The average molecular weight is 368 g/mol. The summed E-state index contributed by atoms with van der Waals surface area (Å²) in [6, 6.07) is 13.4. The highest BCUT2D eigenvalue weighted by molar-refractivity contribution is 8.00. The van der Waals surface area contributed by atoms with Crippen LogP contribution in [0.25, 0.3) is 0 Å². The maximum atomic E-state index is 12.7. The lowest BCUT2D eigenvalue weighted by molar-refractivity contribution is -0.118. The molecule has 0 aromatic heterocycles. The predicted molar refractivity (Wildman–Crippen MR) is 96.3 cm³/mol. The molecule has 2 rings (SSSR count). The highest BCUT2D eigenvalue weighted by atomic mass is 35.5. The van der Waals surface area contributed by atoms with E-state index in [9.17, 15) is 9.18 Å². The van der Waals surface area contributed by atoms with Gasteiger partial charge in [-0.1, -0.05) is 11.6 Å². The molecule has 0 radical (unpaired) electrons. The first-order chi connectivity index (χ1) is 11.6. The van der Waals surface area contributed by atoms with Crippen molar-refractivity contribution in [3.63, 3.8) is 0 Å². The Bertz CT molecular complexity index is 634. The molecule has 1 amide bonds. The Labute approximate surface area is 150 Å². The van der Waals surface area contributed by atoms with Crippen molar-refractivity contribution in [1.82, 2.24) is 5.32 Å². The summed E-state index contributed by atoms with van der Waals surface area (Å²) in [5, 5.41) is 3.57. The van der Waals surface area contributed by atoms with Crippen LogP contribution in [0.1, 0.15) is 12.8 Å². The molecule has 3 nitrogen and oxygen atoms in total. The molecule has 0 saturated carbocycles. The van der Waals surface area contributed by atoms with E-state index in [2.05, 4.69) is 5.32 Å². The Kier molecular flexibility index (Phi) is 7.92. The maximum Gasteiger partial charge on any atom is 0.230 e. The monoisotopic (exact) mass is 367 g/mol. The van der Waals surface area contributed by atoms with E-state index in [0.717, 1.165) is 17.7 Å². The number of hydrogen-bond acceptors (Lipinski definition) is 3. The molecule has 0 saturated heterocycles. The van der Waals surface area contributed by atoms with Gasteiger partial charge in [-0.15, -0.1) is 11.8 Å². The van der Waals surface area contributed by atoms with E-state index < -0.39 is 0 Å². The molecule has 0 fully saturated rings. The van der Waals surface area contributed by atoms with Crippen molar-refractivity contribution in [1.29, 1.82) is 0 Å². The number of unbranched alkanes of at least 4 members (excludes halogenated alkanes) is 1. The van der Waals surface area contributed by atoms with Gasteiger partial charge in [0.2, 0.25) is 5.91 Å².